The van der Waals surface area contributed by atoms with E-state index in [9.17, 15) is 19.7 Å². The van der Waals surface area contributed by atoms with Gasteiger partial charge in [-0.1, -0.05) is 0 Å². The van der Waals surface area contributed by atoms with E-state index >= 15 is 0 Å². The normalized spacial score (nSPS) is 9.88. The molecule has 0 aliphatic heterocycles. The third-order valence-electron chi connectivity index (χ3n) is 1.84. The summed E-state index contributed by atoms with van der Waals surface area (Å²) in [5.41, 5.74) is -0.157. The molecule has 1 rings (SSSR count). The number of amides is 1. The number of aryl methyl sites for hydroxylation is 1. The molecule has 0 saturated heterocycles. The molecule has 0 radical (unpaired) electrons. The minimum absolute atomic E-state index is 0.00607. The number of hydrogen-bond acceptors (Lipinski definition) is 5. The molecule has 2 N–H and O–H groups in total. The van der Waals surface area contributed by atoms with Crippen molar-refractivity contribution in [2.24, 2.45) is 0 Å². The van der Waals surface area contributed by atoms with E-state index in [1.807, 2.05) is 0 Å². The summed E-state index contributed by atoms with van der Waals surface area (Å²) in [6.45, 7) is -0.294. The number of hydrogen-bond donors (Lipinski definition) is 2. The highest BCUT2D eigenvalue weighted by Gasteiger charge is 2.10. The fourth-order valence-corrected chi connectivity index (χ4v) is 1.05. The minimum Gasteiger partial charge on any atom is -0.480 e. The third kappa shape index (κ3) is 4.28. The van der Waals surface area contributed by atoms with Crippen molar-refractivity contribution in [1.29, 1.82) is 0 Å². The summed E-state index contributed by atoms with van der Waals surface area (Å²) in [6.07, 6.45) is 2.28. The smallest absolute Gasteiger partial charge is 0.322 e. The van der Waals surface area contributed by atoms with Gasteiger partial charge in [-0.2, -0.15) is 5.10 Å². The summed E-state index contributed by atoms with van der Waals surface area (Å²) in [5.74, 6) is -1.58. The number of nitro groups is 1. The number of carbonyl (C=O) groups is 2. The second-order valence-corrected chi connectivity index (χ2v) is 3.14. The number of carboxylic acid groups (broad SMARTS) is 1. The van der Waals surface area contributed by atoms with Crippen molar-refractivity contribution in [3.8, 4) is 0 Å². The molecule has 0 fully saturated rings. The molecule has 0 bridgehead atoms. The third-order valence-corrected chi connectivity index (χ3v) is 1.84. The lowest BCUT2D eigenvalue weighted by Crippen LogP contribution is -2.29. The van der Waals surface area contributed by atoms with Gasteiger partial charge in [0.05, 0.1) is 4.92 Å². The monoisotopic (exact) mass is 242 g/mol. The highest BCUT2D eigenvalue weighted by Crippen LogP contribution is 2.07. The molecule has 0 aliphatic rings. The maximum absolute atomic E-state index is 11.1. The van der Waals surface area contributed by atoms with Crippen LogP contribution in [0.15, 0.2) is 12.4 Å². The van der Waals surface area contributed by atoms with E-state index in [4.69, 9.17) is 5.11 Å². The van der Waals surface area contributed by atoms with Crippen molar-refractivity contribution in [1.82, 2.24) is 15.1 Å². The first-order valence-corrected chi connectivity index (χ1v) is 4.64. The molecule has 0 unspecified atom stereocenters. The first kappa shape index (κ1) is 12.6. The largest absolute Gasteiger partial charge is 0.480 e. The number of nitrogens with zero attached hydrogens (tertiary/aromatic N) is 3. The van der Waals surface area contributed by atoms with Crippen LogP contribution in [-0.4, -0.2) is 38.2 Å². The highest BCUT2D eigenvalue weighted by molar-refractivity contribution is 5.80. The summed E-state index contributed by atoms with van der Waals surface area (Å²) in [4.78, 5) is 31.0. The molecule has 1 heterocycles. The zero-order valence-corrected chi connectivity index (χ0v) is 8.70. The lowest BCUT2D eigenvalue weighted by molar-refractivity contribution is -0.385. The van der Waals surface area contributed by atoms with Crippen LogP contribution in [0.5, 0.6) is 0 Å². The van der Waals surface area contributed by atoms with Crippen LogP contribution in [0.25, 0.3) is 0 Å². The minimum atomic E-state index is -1.13. The van der Waals surface area contributed by atoms with E-state index < -0.39 is 23.3 Å². The molecular formula is C8H10N4O5. The molecule has 9 nitrogen and oxygen atoms in total. The summed E-state index contributed by atoms with van der Waals surface area (Å²) < 4.78 is 1.25. The Bertz CT molecular complexity index is 441. The standard InChI is InChI=1S/C8H10N4O5/c13-7(9-4-8(14)15)1-2-11-5-6(3-10-11)12(16)17/h3,5H,1-2,4H2,(H,9,13)(H,14,15). The predicted octanol–water partition coefficient (Wildman–Crippen LogP) is -0.618. The molecule has 92 valence electrons. The molecule has 0 aromatic carbocycles. The zero-order valence-electron chi connectivity index (χ0n) is 8.70. The quantitative estimate of drug-likeness (QED) is 0.505. The molecule has 9 heteroatoms. The molecule has 0 atom stereocenters. The van der Waals surface area contributed by atoms with Gasteiger partial charge in [0.25, 0.3) is 0 Å². The van der Waals surface area contributed by atoms with Gasteiger partial charge in [-0.05, 0) is 0 Å². The van der Waals surface area contributed by atoms with Crippen LogP contribution >= 0.6 is 0 Å². The van der Waals surface area contributed by atoms with Crippen LogP contribution in [-0.2, 0) is 16.1 Å². The Balaban J connectivity index is 2.36. The zero-order chi connectivity index (χ0) is 12.8. The van der Waals surface area contributed by atoms with Crippen molar-refractivity contribution < 1.29 is 19.6 Å². The average Bonchev–Trinajstić information content (AvgIpc) is 2.72. The van der Waals surface area contributed by atoms with Gasteiger partial charge in [-0.15, -0.1) is 0 Å². The van der Waals surface area contributed by atoms with E-state index in [0.717, 1.165) is 6.20 Å². The van der Waals surface area contributed by atoms with Crippen LogP contribution < -0.4 is 5.32 Å². The Labute approximate surface area is 95.2 Å². The summed E-state index contributed by atoms with van der Waals surface area (Å²) in [5, 5.41) is 24.5. The lowest BCUT2D eigenvalue weighted by atomic mass is 10.4. The molecule has 17 heavy (non-hydrogen) atoms. The van der Waals surface area contributed by atoms with Crippen molar-refractivity contribution in [2.45, 2.75) is 13.0 Å². The second kappa shape index (κ2) is 5.58. The van der Waals surface area contributed by atoms with E-state index in [0.29, 0.717) is 0 Å². The van der Waals surface area contributed by atoms with Gasteiger partial charge >= 0.3 is 11.7 Å². The molecule has 0 aliphatic carbocycles. The number of aromatic nitrogens is 2. The molecule has 0 spiro atoms. The number of carboxylic acids is 1. The van der Waals surface area contributed by atoms with Crippen LogP contribution in [0, 0.1) is 10.1 Å². The second-order valence-electron chi connectivity index (χ2n) is 3.14. The first-order chi connectivity index (χ1) is 7.99. The van der Waals surface area contributed by atoms with Gasteiger partial charge in [-0.25, -0.2) is 0 Å². The van der Waals surface area contributed by atoms with Crippen LogP contribution in [0.1, 0.15) is 6.42 Å². The molecule has 1 aromatic rings. The van der Waals surface area contributed by atoms with Crippen LogP contribution in [0.3, 0.4) is 0 Å². The predicted molar refractivity (Wildman–Crippen MR) is 54.1 cm³/mol. The van der Waals surface area contributed by atoms with Gasteiger partial charge in [0.1, 0.15) is 18.9 Å². The van der Waals surface area contributed by atoms with Gasteiger partial charge in [0, 0.05) is 13.0 Å². The van der Waals surface area contributed by atoms with Crippen molar-refractivity contribution in [3.63, 3.8) is 0 Å². The molecule has 0 saturated carbocycles. The van der Waals surface area contributed by atoms with Gasteiger partial charge in [0.15, 0.2) is 0 Å². The SMILES string of the molecule is O=C(O)CNC(=O)CCn1cc([N+](=O)[O-])cn1. The topological polar surface area (TPSA) is 127 Å². The Kier molecular flexibility index (Phi) is 4.14. The van der Waals surface area contributed by atoms with E-state index in [1.165, 1.54) is 10.9 Å². The fraction of sp³-hybridized carbons (Fsp3) is 0.375. The maximum Gasteiger partial charge on any atom is 0.322 e. The fourth-order valence-electron chi connectivity index (χ4n) is 1.05. The van der Waals surface area contributed by atoms with E-state index in [1.54, 1.807) is 0 Å². The van der Waals surface area contributed by atoms with Gasteiger partial charge in [-0.3, -0.25) is 24.4 Å². The van der Waals surface area contributed by atoms with E-state index in [-0.39, 0.29) is 18.7 Å². The summed E-state index contributed by atoms with van der Waals surface area (Å²) >= 11 is 0. The van der Waals surface area contributed by atoms with Crippen LogP contribution in [0.2, 0.25) is 0 Å². The van der Waals surface area contributed by atoms with Gasteiger partial charge in [0.2, 0.25) is 5.91 Å². The molecule has 1 aromatic heterocycles. The Hall–Kier alpha value is -2.45. The summed E-state index contributed by atoms with van der Waals surface area (Å²) in [7, 11) is 0. The highest BCUT2D eigenvalue weighted by atomic mass is 16.6. The Morgan fingerprint density at radius 3 is 2.82 bits per heavy atom. The maximum atomic E-state index is 11.1. The van der Waals surface area contributed by atoms with Crippen LogP contribution in [0.4, 0.5) is 5.69 Å². The first-order valence-electron chi connectivity index (χ1n) is 4.64. The Morgan fingerprint density at radius 1 is 1.59 bits per heavy atom. The average molecular weight is 242 g/mol. The number of carbonyl (C=O) groups excluding carboxylic acids is 1. The van der Waals surface area contributed by atoms with Gasteiger partial charge < -0.3 is 10.4 Å². The van der Waals surface area contributed by atoms with E-state index in [2.05, 4.69) is 10.4 Å². The van der Waals surface area contributed by atoms with Crippen molar-refractivity contribution in [3.05, 3.63) is 22.5 Å². The van der Waals surface area contributed by atoms with Crippen molar-refractivity contribution in [2.75, 3.05) is 6.54 Å². The number of nitrogens with one attached hydrogen (secondary N) is 1. The molecular weight excluding hydrogens is 232 g/mol. The number of aliphatic carboxylic acids is 1. The number of rotatable bonds is 6. The molecule has 1 amide bonds. The Morgan fingerprint density at radius 2 is 2.29 bits per heavy atom. The summed E-state index contributed by atoms with van der Waals surface area (Å²) in [6, 6.07) is 0. The van der Waals surface area contributed by atoms with Crippen molar-refractivity contribution >= 4 is 17.6 Å². The lowest BCUT2D eigenvalue weighted by Gasteiger charge is -2.01.